The summed E-state index contributed by atoms with van der Waals surface area (Å²) in [7, 11) is -3.15. The second kappa shape index (κ2) is 7.37. The van der Waals surface area contributed by atoms with Gasteiger partial charge in [-0.05, 0) is 12.8 Å². The zero-order valence-electron chi connectivity index (χ0n) is 9.40. The van der Waals surface area contributed by atoms with Gasteiger partial charge in [0.1, 0.15) is 0 Å². The normalized spacial score (nSPS) is 13.1. The Morgan fingerprint density at radius 2 is 2.12 bits per heavy atom. The van der Waals surface area contributed by atoms with Gasteiger partial charge < -0.3 is 11.1 Å². The van der Waals surface area contributed by atoms with E-state index < -0.39 is 16.1 Å². The molecule has 0 aromatic rings. The molecule has 0 saturated heterocycles. The molecule has 0 aromatic heterocycles. The van der Waals surface area contributed by atoms with Crippen molar-refractivity contribution in [1.29, 1.82) is 0 Å². The highest BCUT2D eigenvalue weighted by Gasteiger charge is 2.10. The Labute approximate surface area is 96.3 Å². The third kappa shape index (κ3) is 8.39. The average Bonchev–Trinajstić information content (AvgIpc) is 2.15. The molecule has 0 saturated carbocycles. The summed E-state index contributed by atoms with van der Waals surface area (Å²) in [6, 6.07) is -0.583. The van der Waals surface area contributed by atoms with Crippen molar-refractivity contribution >= 4 is 15.9 Å². The van der Waals surface area contributed by atoms with Crippen LogP contribution in [0.2, 0.25) is 0 Å². The molecule has 4 N–H and O–H groups in total. The van der Waals surface area contributed by atoms with E-state index in [2.05, 4.69) is 16.6 Å². The highest BCUT2D eigenvalue weighted by atomic mass is 32.2. The van der Waals surface area contributed by atoms with Crippen LogP contribution in [0.1, 0.15) is 12.8 Å². The fourth-order valence-electron chi connectivity index (χ4n) is 0.975. The van der Waals surface area contributed by atoms with Crippen LogP contribution < -0.4 is 15.8 Å². The summed E-state index contributed by atoms with van der Waals surface area (Å²) in [5, 5.41) is 2.61. The van der Waals surface area contributed by atoms with Crippen molar-refractivity contribution in [2.75, 3.05) is 19.3 Å². The first-order valence-corrected chi connectivity index (χ1v) is 6.85. The van der Waals surface area contributed by atoms with Crippen molar-refractivity contribution in [3.8, 4) is 0 Å². The maximum absolute atomic E-state index is 11.3. The van der Waals surface area contributed by atoms with Crippen molar-refractivity contribution in [1.82, 2.24) is 10.0 Å². The Hall–Kier alpha value is -0.920. The van der Waals surface area contributed by atoms with Crippen molar-refractivity contribution in [3.63, 3.8) is 0 Å². The molecule has 0 bridgehead atoms. The molecule has 1 atom stereocenters. The van der Waals surface area contributed by atoms with Crippen molar-refractivity contribution in [2.24, 2.45) is 5.73 Å². The Morgan fingerprint density at radius 1 is 1.50 bits per heavy atom. The molecule has 0 radical (unpaired) electrons. The molecule has 0 aliphatic carbocycles. The van der Waals surface area contributed by atoms with Gasteiger partial charge in [-0.3, -0.25) is 4.79 Å². The molecular formula is C9H19N3O3S. The Morgan fingerprint density at radius 3 is 2.62 bits per heavy atom. The van der Waals surface area contributed by atoms with Gasteiger partial charge in [0.25, 0.3) is 0 Å². The number of carbonyl (C=O) groups is 1. The van der Waals surface area contributed by atoms with Gasteiger partial charge in [-0.2, -0.15) is 0 Å². The second-order valence-electron chi connectivity index (χ2n) is 3.44. The number of nitrogens with two attached hydrogens (primary N) is 1. The third-order valence-corrected chi connectivity index (χ3v) is 2.50. The van der Waals surface area contributed by atoms with Crippen LogP contribution in [0, 0.1) is 0 Å². The lowest BCUT2D eigenvalue weighted by Crippen LogP contribution is -2.41. The van der Waals surface area contributed by atoms with E-state index in [9.17, 15) is 13.2 Å². The highest BCUT2D eigenvalue weighted by molar-refractivity contribution is 7.88. The standard InChI is InChI=1S/C9H19N3O3S/c1-3-5-8(10)9(13)11-6-4-7-12-16(2,14)15/h3,8,12H,1,4-7,10H2,2H3,(H,11,13). The Bertz CT molecular complexity index is 327. The Balaban J connectivity index is 3.59. The van der Waals surface area contributed by atoms with Crippen LogP contribution in [-0.2, 0) is 14.8 Å². The van der Waals surface area contributed by atoms with E-state index >= 15 is 0 Å². The molecule has 0 aliphatic heterocycles. The molecule has 1 amide bonds. The first kappa shape index (κ1) is 15.1. The van der Waals surface area contributed by atoms with Gasteiger partial charge in [-0.25, -0.2) is 13.1 Å². The van der Waals surface area contributed by atoms with Crippen LogP contribution in [0.3, 0.4) is 0 Å². The lowest BCUT2D eigenvalue weighted by Gasteiger charge is -2.10. The number of hydrogen-bond acceptors (Lipinski definition) is 4. The van der Waals surface area contributed by atoms with Gasteiger partial charge in [0.05, 0.1) is 12.3 Å². The summed E-state index contributed by atoms with van der Waals surface area (Å²) in [6.07, 6.45) is 3.62. The van der Waals surface area contributed by atoms with Gasteiger partial charge in [0.2, 0.25) is 15.9 Å². The van der Waals surface area contributed by atoms with Crippen LogP contribution in [0.4, 0.5) is 0 Å². The minimum atomic E-state index is -3.15. The molecule has 0 heterocycles. The topological polar surface area (TPSA) is 101 Å². The first-order chi connectivity index (χ1) is 7.37. The number of hydrogen-bond donors (Lipinski definition) is 3. The van der Waals surface area contributed by atoms with Gasteiger partial charge in [0, 0.05) is 13.1 Å². The monoisotopic (exact) mass is 249 g/mol. The molecule has 7 heteroatoms. The number of nitrogens with one attached hydrogen (secondary N) is 2. The van der Waals surface area contributed by atoms with E-state index in [1.165, 1.54) is 0 Å². The summed E-state index contributed by atoms with van der Waals surface area (Å²) in [5.41, 5.74) is 5.52. The minimum Gasteiger partial charge on any atom is -0.355 e. The van der Waals surface area contributed by atoms with Crippen molar-refractivity contribution in [2.45, 2.75) is 18.9 Å². The van der Waals surface area contributed by atoms with Crippen LogP contribution in [0.15, 0.2) is 12.7 Å². The van der Waals surface area contributed by atoms with E-state index in [-0.39, 0.29) is 5.91 Å². The minimum absolute atomic E-state index is 0.251. The van der Waals surface area contributed by atoms with E-state index in [0.717, 1.165) is 6.26 Å². The van der Waals surface area contributed by atoms with E-state index in [1.54, 1.807) is 6.08 Å². The van der Waals surface area contributed by atoms with Gasteiger partial charge >= 0.3 is 0 Å². The van der Waals surface area contributed by atoms with Crippen LogP contribution in [0.25, 0.3) is 0 Å². The van der Waals surface area contributed by atoms with Gasteiger partial charge in [0.15, 0.2) is 0 Å². The number of carbonyl (C=O) groups excluding carboxylic acids is 1. The van der Waals surface area contributed by atoms with Crippen LogP contribution in [0.5, 0.6) is 0 Å². The first-order valence-electron chi connectivity index (χ1n) is 4.95. The largest absolute Gasteiger partial charge is 0.355 e. The van der Waals surface area contributed by atoms with Crippen LogP contribution in [-0.4, -0.2) is 39.7 Å². The fourth-order valence-corrected chi connectivity index (χ4v) is 1.49. The van der Waals surface area contributed by atoms with Gasteiger partial charge in [-0.1, -0.05) is 6.08 Å². The number of rotatable bonds is 8. The molecular weight excluding hydrogens is 230 g/mol. The average molecular weight is 249 g/mol. The molecule has 0 fully saturated rings. The summed E-state index contributed by atoms with van der Waals surface area (Å²) >= 11 is 0. The molecule has 0 aromatic carbocycles. The number of sulfonamides is 1. The SMILES string of the molecule is C=CCC(N)C(=O)NCCCNS(C)(=O)=O. The van der Waals surface area contributed by atoms with Crippen LogP contribution >= 0.6 is 0 Å². The second-order valence-corrected chi connectivity index (χ2v) is 5.27. The fraction of sp³-hybridized carbons (Fsp3) is 0.667. The van der Waals surface area contributed by atoms with Crippen molar-refractivity contribution in [3.05, 3.63) is 12.7 Å². The molecule has 0 aliphatic rings. The quantitative estimate of drug-likeness (QED) is 0.377. The lowest BCUT2D eigenvalue weighted by atomic mass is 10.2. The Kier molecular flexibility index (Phi) is 6.95. The zero-order chi connectivity index (χ0) is 12.6. The summed E-state index contributed by atoms with van der Waals surface area (Å²) < 4.78 is 23.7. The maximum Gasteiger partial charge on any atom is 0.237 e. The van der Waals surface area contributed by atoms with Gasteiger partial charge in [-0.15, -0.1) is 6.58 Å². The predicted octanol–water partition coefficient (Wildman–Crippen LogP) is -1.05. The van der Waals surface area contributed by atoms with E-state index in [1.807, 2.05) is 0 Å². The third-order valence-electron chi connectivity index (χ3n) is 1.77. The van der Waals surface area contributed by atoms with E-state index in [0.29, 0.717) is 25.9 Å². The molecule has 0 rings (SSSR count). The molecule has 0 spiro atoms. The molecule has 6 nitrogen and oxygen atoms in total. The van der Waals surface area contributed by atoms with E-state index in [4.69, 9.17) is 5.73 Å². The molecule has 1 unspecified atom stereocenters. The lowest BCUT2D eigenvalue weighted by molar-refractivity contribution is -0.122. The molecule has 94 valence electrons. The maximum atomic E-state index is 11.3. The van der Waals surface area contributed by atoms with Crippen molar-refractivity contribution < 1.29 is 13.2 Å². The molecule has 16 heavy (non-hydrogen) atoms. The predicted molar refractivity (Wildman–Crippen MR) is 63.3 cm³/mol. The smallest absolute Gasteiger partial charge is 0.237 e. The number of amides is 1. The summed E-state index contributed by atoms with van der Waals surface area (Å²) in [4.78, 5) is 11.3. The zero-order valence-corrected chi connectivity index (χ0v) is 10.2. The highest BCUT2D eigenvalue weighted by Crippen LogP contribution is 1.88. The summed E-state index contributed by atoms with van der Waals surface area (Å²) in [6.45, 7) is 4.18. The summed E-state index contributed by atoms with van der Waals surface area (Å²) in [5.74, 6) is -0.251.